The number of nitrogens with zero attached hydrogens (tertiary/aromatic N) is 1. The highest BCUT2D eigenvalue weighted by atomic mass is 35.5. The van der Waals surface area contributed by atoms with Crippen molar-refractivity contribution in [3.8, 4) is 0 Å². The number of rotatable bonds is 2. The van der Waals surface area contributed by atoms with Crippen LogP contribution in [0.3, 0.4) is 0 Å². The number of thioether (sulfide) groups is 1. The van der Waals surface area contributed by atoms with E-state index in [2.05, 4.69) is 10.3 Å². The van der Waals surface area contributed by atoms with Crippen LogP contribution in [0.25, 0.3) is 6.08 Å². The molecule has 1 fully saturated rings. The standard InChI is InChI=1S/C17H10Cl2N2O2S/c18-12-5-1-10(2-6-12)9-14-16(23)21-17(24-14)20-15(22)11-3-7-13(19)8-4-11/h1-9H,(H,20,21,22,23)/b14-9-. The maximum absolute atomic E-state index is 12.1. The molecule has 1 aliphatic heterocycles. The first-order valence-electron chi connectivity index (χ1n) is 6.86. The van der Waals surface area contributed by atoms with Gasteiger partial charge in [-0.2, -0.15) is 4.99 Å². The lowest BCUT2D eigenvalue weighted by Gasteiger charge is -1.97. The van der Waals surface area contributed by atoms with Gasteiger partial charge in [0.2, 0.25) is 0 Å². The van der Waals surface area contributed by atoms with Crippen LogP contribution in [0, 0.1) is 0 Å². The highest BCUT2D eigenvalue weighted by molar-refractivity contribution is 8.18. The Morgan fingerprint density at radius 1 is 1.00 bits per heavy atom. The zero-order valence-electron chi connectivity index (χ0n) is 12.1. The van der Waals surface area contributed by atoms with Crippen LogP contribution in [0.1, 0.15) is 15.9 Å². The van der Waals surface area contributed by atoms with Crippen LogP contribution in [-0.2, 0) is 4.79 Å². The fourth-order valence-corrected chi connectivity index (χ4v) is 3.01. The summed E-state index contributed by atoms with van der Waals surface area (Å²) in [5, 5.41) is 3.99. The van der Waals surface area contributed by atoms with Gasteiger partial charge in [0.25, 0.3) is 11.8 Å². The quantitative estimate of drug-likeness (QED) is 0.790. The molecule has 120 valence electrons. The number of carbonyl (C=O) groups excluding carboxylic acids is 2. The van der Waals surface area contributed by atoms with Crippen molar-refractivity contribution < 1.29 is 9.59 Å². The van der Waals surface area contributed by atoms with Crippen LogP contribution < -0.4 is 5.32 Å². The van der Waals surface area contributed by atoms with Gasteiger partial charge in [0.1, 0.15) is 0 Å². The lowest BCUT2D eigenvalue weighted by molar-refractivity contribution is -0.115. The number of amidine groups is 1. The molecule has 0 saturated carbocycles. The average molecular weight is 377 g/mol. The van der Waals surface area contributed by atoms with Crippen LogP contribution in [0.2, 0.25) is 10.0 Å². The summed E-state index contributed by atoms with van der Waals surface area (Å²) in [6.07, 6.45) is 1.71. The average Bonchev–Trinajstić information content (AvgIpc) is 2.89. The third-order valence-electron chi connectivity index (χ3n) is 3.11. The van der Waals surface area contributed by atoms with Gasteiger partial charge in [-0.05, 0) is 59.8 Å². The number of benzene rings is 2. The number of nitrogens with one attached hydrogen (secondary N) is 1. The summed E-state index contributed by atoms with van der Waals surface area (Å²) in [5.41, 5.74) is 1.24. The van der Waals surface area contributed by atoms with Gasteiger partial charge in [0.15, 0.2) is 5.17 Å². The minimum atomic E-state index is -0.442. The van der Waals surface area contributed by atoms with Crippen LogP contribution in [0.15, 0.2) is 58.4 Å². The zero-order valence-corrected chi connectivity index (χ0v) is 14.5. The van der Waals surface area contributed by atoms with E-state index < -0.39 is 5.91 Å². The molecule has 1 N–H and O–H groups in total. The van der Waals surface area contributed by atoms with E-state index in [1.165, 1.54) is 0 Å². The van der Waals surface area contributed by atoms with Gasteiger partial charge in [-0.15, -0.1) is 0 Å². The molecule has 0 radical (unpaired) electrons. The van der Waals surface area contributed by atoms with E-state index in [9.17, 15) is 9.59 Å². The highest BCUT2D eigenvalue weighted by Crippen LogP contribution is 2.26. The van der Waals surface area contributed by atoms with E-state index in [0.29, 0.717) is 20.5 Å². The van der Waals surface area contributed by atoms with Crippen LogP contribution in [-0.4, -0.2) is 17.0 Å². The second-order valence-electron chi connectivity index (χ2n) is 4.85. The van der Waals surface area contributed by atoms with Gasteiger partial charge in [0, 0.05) is 15.6 Å². The molecule has 7 heteroatoms. The first-order valence-corrected chi connectivity index (χ1v) is 8.43. The summed E-state index contributed by atoms with van der Waals surface area (Å²) in [4.78, 5) is 28.5. The number of amides is 2. The minimum Gasteiger partial charge on any atom is -0.300 e. The lowest BCUT2D eigenvalue weighted by Crippen LogP contribution is -2.20. The van der Waals surface area contributed by atoms with Gasteiger partial charge >= 0.3 is 0 Å². The van der Waals surface area contributed by atoms with E-state index in [4.69, 9.17) is 23.2 Å². The molecule has 2 amide bonds. The lowest BCUT2D eigenvalue weighted by atomic mass is 10.2. The number of carbonyl (C=O) groups is 2. The van der Waals surface area contributed by atoms with Crippen molar-refractivity contribution in [2.75, 3.05) is 0 Å². The van der Waals surface area contributed by atoms with Crippen molar-refractivity contribution in [1.82, 2.24) is 5.32 Å². The highest BCUT2D eigenvalue weighted by Gasteiger charge is 2.24. The monoisotopic (exact) mass is 376 g/mol. The Labute approximate surface area is 152 Å². The number of hydrogen-bond donors (Lipinski definition) is 1. The Hall–Kier alpha value is -2.08. The zero-order chi connectivity index (χ0) is 17.1. The first-order chi connectivity index (χ1) is 11.5. The number of halogens is 2. The van der Waals surface area contributed by atoms with Crippen molar-refractivity contribution in [2.45, 2.75) is 0 Å². The van der Waals surface area contributed by atoms with Crippen molar-refractivity contribution >= 4 is 58.0 Å². The molecule has 0 atom stereocenters. The summed E-state index contributed by atoms with van der Waals surface area (Å²) >= 11 is 12.7. The SMILES string of the molecule is O=C1NC(=NC(=O)c2ccc(Cl)cc2)S/C1=C\c1ccc(Cl)cc1. The maximum atomic E-state index is 12.1. The molecular formula is C17H10Cl2N2O2S. The topological polar surface area (TPSA) is 58.5 Å². The van der Waals surface area contributed by atoms with Gasteiger partial charge in [-0.3, -0.25) is 9.59 Å². The van der Waals surface area contributed by atoms with Crippen molar-refractivity contribution in [3.63, 3.8) is 0 Å². The smallest absolute Gasteiger partial charge is 0.279 e. The van der Waals surface area contributed by atoms with Crippen LogP contribution in [0.5, 0.6) is 0 Å². The number of aliphatic imine (C=N–C) groups is 1. The summed E-state index contributed by atoms with van der Waals surface area (Å²) in [5.74, 6) is -0.736. The fraction of sp³-hybridized carbons (Fsp3) is 0. The largest absolute Gasteiger partial charge is 0.300 e. The molecule has 4 nitrogen and oxygen atoms in total. The number of hydrogen-bond acceptors (Lipinski definition) is 3. The summed E-state index contributed by atoms with van der Waals surface area (Å²) < 4.78 is 0. The van der Waals surface area contributed by atoms with Crippen molar-refractivity contribution in [1.29, 1.82) is 0 Å². The van der Waals surface area contributed by atoms with Gasteiger partial charge in [-0.25, -0.2) is 0 Å². The van der Waals surface area contributed by atoms with E-state index >= 15 is 0 Å². The first kappa shape index (κ1) is 16.8. The molecule has 0 bridgehead atoms. The molecule has 2 aromatic rings. The molecular weight excluding hydrogens is 367 g/mol. The molecule has 1 saturated heterocycles. The Morgan fingerprint density at radius 2 is 1.58 bits per heavy atom. The molecule has 1 heterocycles. The van der Waals surface area contributed by atoms with Gasteiger partial charge in [0.05, 0.1) is 4.91 Å². The second kappa shape index (κ2) is 7.21. The molecule has 0 aliphatic carbocycles. The third-order valence-corrected chi connectivity index (χ3v) is 4.53. The minimum absolute atomic E-state index is 0.250. The predicted octanol–water partition coefficient (Wildman–Crippen LogP) is 4.39. The normalized spacial score (nSPS) is 17.3. The predicted molar refractivity (Wildman–Crippen MR) is 98.4 cm³/mol. The Morgan fingerprint density at radius 3 is 2.21 bits per heavy atom. The third kappa shape index (κ3) is 4.06. The van der Waals surface area contributed by atoms with Crippen molar-refractivity contribution in [2.24, 2.45) is 4.99 Å². The molecule has 3 rings (SSSR count). The van der Waals surface area contributed by atoms with Gasteiger partial charge in [-0.1, -0.05) is 35.3 Å². The van der Waals surface area contributed by atoms with Gasteiger partial charge < -0.3 is 5.32 Å². The molecule has 0 spiro atoms. The Kier molecular flexibility index (Phi) is 5.04. The maximum Gasteiger partial charge on any atom is 0.279 e. The van der Waals surface area contributed by atoms with Crippen molar-refractivity contribution in [3.05, 3.63) is 74.6 Å². The molecule has 0 unspecified atom stereocenters. The van der Waals surface area contributed by atoms with E-state index in [1.807, 2.05) is 0 Å². The molecule has 24 heavy (non-hydrogen) atoms. The van der Waals surface area contributed by atoms with Crippen LogP contribution in [0.4, 0.5) is 0 Å². The molecule has 0 aromatic heterocycles. The van der Waals surface area contributed by atoms with E-state index in [0.717, 1.165) is 17.3 Å². The van der Waals surface area contributed by atoms with E-state index in [1.54, 1.807) is 54.6 Å². The van der Waals surface area contributed by atoms with E-state index in [-0.39, 0.29) is 11.1 Å². The molecule has 2 aromatic carbocycles. The second-order valence-corrected chi connectivity index (χ2v) is 6.75. The summed E-state index contributed by atoms with van der Waals surface area (Å²) in [7, 11) is 0. The molecule has 1 aliphatic rings. The summed E-state index contributed by atoms with van der Waals surface area (Å²) in [6.45, 7) is 0. The van der Waals surface area contributed by atoms with Crippen LogP contribution >= 0.6 is 35.0 Å². The Balaban J connectivity index is 1.77. The Bertz CT molecular complexity index is 859. The summed E-state index contributed by atoms with van der Waals surface area (Å²) in [6, 6.07) is 13.5. The fourth-order valence-electron chi connectivity index (χ4n) is 1.94.